The third-order valence-electron chi connectivity index (χ3n) is 7.12. The molecule has 1 aliphatic rings. The molecule has 6 rings (SSSR count). The fourth-order valence-corrected chi connectivity index (χ4v) is 5.12. The highest BCUT2D eigenvalue weighted by Gasteiger charge is 2.37. The van der Waals surface area contributed by atoms with E-state index in [9.17, 15) is 26.3 Å². The van der Waals surface area contributed by atoms with Crippen LogP contribution in [0.2, 0.25) is 0 Å². The average Bonchev–Trinajstić information content (AvgIpc) is 3.55. The normalized spacial score (nSPS) is 15.8. The molecule has 1 saturated heterocycles. The lowest BCUT2D eigenvalue weighted by Crippen LogP contribution is -2.45. The van der Waals surface area contributed by atoms with Gasteiger partial charge in [-0.1, -0.05) is 35.5 Å². The number of rotatable bonds is 5. The molecule has 13 heteroatoms. The number of nitrogens with one attached hydrogen (secondary N) is 1. The Balaban J connectivity index is 1.19. The number of hydrogen-bond acceptors (Lipinski definition) is 5. The van der Waals surface area contributed by atoms with E-state index in [0.29, 0.717) is 24.4 Å². The van der Waals surface area contributed by atoms with Gasteiger partial charge in [-0.2, -0.15) is 26.3 Å². The van der Waals surface area contributed by atoms with Gasteiger partial charge in [-0.25, -0.2) is 9.67 Å². The van der Waals surface area contributed by atoms with E-state index in [1.165, 1.54) is 23.2 Å². The number of nitrogens with zero attached hydrogens (tertiary/aromatic N) is 6. The van der Waals surface area contributed by atoms with Gasteiger partial charge >= 0.3 is 12.4 Å². The highest BCUT2D eigenvalue weighted by Crippen LogP contribution is 2.38. The molecule has 2 aromatic carbocycles. The van der Waals surface area contributed by atoms with E-state index in [1.807, 2.05) is 24.4 Å². The van der Waals surface area contributed by atoms with Gasteiger partial charge in [0.15, 0.2) is 0 Å². The van der Waals surface area contributed by atoms with Crippen LogP contribution < -0.4 is 0 Å². The minimum absolute atomic E-state index is 0.106. The molecule has 1 fully saturated rings. The SMILES string of the molecule is FC(F)(F)c1cc(-n2cc(CN3CCN(Cc4c[nH]c5ccccc45)CC3)nn2)c2cccc(C(F)(F)F)c2n1. The van der Waals surface area contributed by atoms with Crippen LogP contribution in [0.15, 0.2) is 60.9 Å². The zero-order valence-corrected chi connectivity index (χ0v) is 21.0. The van der Waals surface area contributed by atoms with E-state index in [1.54, 1.807) is 0 Å². The van der Waals surface area contributed by atoms with Crippen molar-refractivity contribution in [2.45, 2.75) is 25.4 Å². The second-order valence-corrected chi connectivity index (χ2v) is 9.79. The summed E-state index contributed by atoms with van der Waals surface area (Å²) < 4.78 is 82.6. The molecule has 40 heavy (non-hydrogen) atoms. The van der Waals surface area contributed by atoms with Gasteiger partial charge in [0, 0.05) is 61.8 Å². The minimum atomic E-state index is -4.95. The van der Waals surface area contributed by atoms with Crippen LogP contribution in [-0.2, 0) is 25.4 Å². The van der Waals surface area contributed by atoms with Crippen molar-refractivity contribution in [3.63, 3.8) is 0 Å². The largest absolute Gasteiger partial charge is 0.433 e. The first-order valence-electron chi connectivity index (χ1n) is 12.6. The number of pyridine rings is 1. The Morgan fingerprint density at radius 2 is 1.50 bits per heavy atom. The van der Waals surface area contributed by atoms with E-state index < -0.39 is 29.1 Å². The lowest BCUT2D eigenvalue weighted by atomic mass is 10.1. The first-order valence-corrected chi connectivity index (χ1v) is 12.6. The second-order valence-electron chi connectivity index (χ2n) is 9.79. The van der Waals surface area contributed by atoms with Crippen molar-refractivity contribution in [3.05, 3.63) is 83.4 Å². The molecule has 208 valence electrons. The van der Waals surface area contributed by atoms with Gasteiger partial charge in [-0.3, -0.25) is 9.80 Å². The third kappa shape index (κ3) is 5.13. The summed E-state index contributed by atoms with van der Waals surface area (Å²) in [7, 11) is 0. The quantitative estimate of drug-likeness (QED) is 0.282. The van der Waals surface area contributed by atoms with E-state index in [2.05, 4.69) is 36.1 Å². The number of para-hydroxylation sites is 2. The predicted octanol–water partition coefficient (Wildman–Crippen LogP) is 5.65. The van der Waals surface area contributed by atoms with Gasteiger partial charge in [-0.15, -0.1) is 5.10 Å². The van der Waals surface area contributed by atoms with Crippen molar-refractivity contribution < 1.29 is 26.3 Å². The molecule has 0 saturated carbocycles. The molecule has 0 bridgehead atoms. The van der Waals surface area contributed by atoms with Crippen LogP contribution in [-0.4, -0.2) is 60.9 Å². The molecule has 7 nitrogen and oxygen atoms in total. The minimum Gasteiger partial charge on any atom is -0.361 e. The average molecular weight is 560 g/mol. The summed E-state index contributed by atoms with van der Waals surface area (Å²) in [5.41, 5.74) is -0.829. The summed E-state index contributed by atoms with van der Waals surface area (Å²) in [5, 5.41) is 9.15. The molecular formula is C27H23F6N7. The van der Waals surface area contributed by atoms with Crippen LogP contribution in [0.1, 0.15) is 22.5 Å². The summed E-state index contributed by atoms with van der Waals surface area (Å²) >= 11 is 0. The van der Waals surface area contributed by atoms with Crippen molar-refractivity contribution in [1.82, 2.24) is 34.8 Å². The van der Waals surface area contributed by atoms with Crippen molar-refractivity contribution in [2.75, 3.05) is 26.2 Å². The number of piperazine rings is 1. The molecular weight excluding hydrogens is 536 g/mol. The van der Waals surface area contributed by atoms with Crippen molar-refractivity contribution >= 4 is 21.8 Å². The summed E-state index contributed by atoms with van der Waals surface area (Å²) in [5.74, 6) is 0. The Labute approximate surface area is 224 Å². The Hall–Kier alpha value is -3.97. The van der Waals surface area contributed by atoms with E-state index >= 15 is 0 Å². The summed E-state index contributed by atoms with van der Waals surface area (Å²) in [6, 6.07) is 12.0. The van der Waals surface area contributed by atoms with E-state index in [0.717, 1.165) is 49.0 Å². The van der Waals surface area contributed by atoms with Crippen LogP contribution in [0.3, 0.4) is 0 Å². The maximum Gasteiger partial charge on any atom is 0.433 e. The smallest absolute Gasteiger partial charge is 0.361 e. The van der Waals surface area contributed by atoms with Gasteiger partial charge in [0.25, 0.3) is 0 Å². The number of halogens is 6. The van der Waals surface area contributed by atoms with Crippen LogP contribution >= 0.6 is 0 Å². The number of alkyl halides is 6. The molecule has 1 aliphatic heterocycles. The standard InChI is InChI=1S/C27H23F6N7/c28-26(29,30)21-6-3-5-20-23(12-24(27(31,32)33)35-25(20)21)40-16-18(36-37-40)15-39-10-8-38(9-11-39)14-17-13-34-22-7-2-1-4-19(17)22/h1-7,12-13,16,34H,8-11,14-15H2. The van der Waals surface area contributed by atoms with Crippen LogP contribution in [0.25, 0.3) is 27.5 Å². The van der Waals surface area contributed by atoms with Crippen molar-refractivity contribution in [2.24, 2.45) is 0 Å². The zero-order chi connectivity index (χ0) is 28.1. The van der Waals surface area contributed by atoms with Gasteiger partial charge in [0.1, 0.15) is 5.69 Å². The number of H-pyrrole nitrogens is 1. The van der Waals surface area contributed by atoms with Gasteiger partial charge < -0.3 is 4.98 Å². The topological polar surface area (TPSA) is 65.9 Å². The van der Waals surface area contributed by atoms with Gasteiger partial charge in [0.2, 0.25) is 0 Å². The highest BCUT2D eigenvalue weighted by atomic mass is 19.4. The Bertz CT molecular complexity index is 1660. The lowest BCUT2D eigenvalue weighted by Gasteiger charge is -2.34. The summed E-state index contributed by atoms with van der Waals surface area (Å²) in [6.45, 7) is 4.35. The first kappa shape index (κ1) is 26.3. The number of aromatic nitrogens is 5. The number of hydrogen-bond donors (Lipinski definition) is 1. The molecule has 0 aliphatic carbocycles. The predicted molar refractivity (Wildman–Crippen MR) is 136 cm³/mol. The third-order valence-corrected chi connectivity index (χ3v) is 7.12. The van der Waals surface area contributed by atoms with E-state index in [-0.39, 0.29) is 11.1 Å². The fourth-order valence-electron chi connectivity index (χ4n) is 5.12. The zero-order valence-electron chi connectivity index (χ0n) is 21.0. The van der Waals surface area contributed by atoms with Crippen LogP contribution in [0, 0.1) is 0 Å². The number of aromatic amines is 1. The number of fused-ring (bicyclic) bond motifs is 2. The Morgan fingerprint density at radius 1 is 0.800 bits per heavy atom. The second kappa shape index (κ2) is 9.89. The Morgan fingerprint density at radius 3 is 2.23 bits per heavy atom. The molecule has 3 aromatic heterocycles. The summed E-state index contributed by atoms with van der Waals surface area (Å²) in [6.07, 6.45) is -6.34. The molecule has 4 heterocycles. The molecule has 0 radical (unpaired) electrons. The maximum absolute atomic E-state index is 13.6. The van der Waals surface area contributed by atoms with Crippen LogP contribution in [0.5, 0.6) is 0 Å². The van der Waals surface area contributed by atoms with Crippen molar-refractivity contribution in [1.29, 1.82) is 0 Å². The lowest BCUT2D eigenvalue weighted by molar-refractivity contribution is -0.142. The highest BCUT2D eigenvalue weighted by molar-refractivity contribution is 5.90. The number of benzene rings is 2. The molecule has 0 spiro atoms. The molecule has 5 aromatic rings. The van der Waals surface area contributed by atoms with Crippen LogP contribution in [0.4, 0.5) is 26.3 Å². The molecule has 0 amide bonds. The summed E-state index contributed by atoms with van der Waals surface area (Å²) in [4.78, 5) is 11.1. The Kier molecular flexibility index (Phi) is 6.50. The molecule has 1 N–H and O–H groups in total. The van der Waals surface area contributed by atoms with Gasteiger partial charge in [0.05, 0.1) is 28.7 Å². The first-order chi connectivity index (χ1) is 19.1. The molecule has 0 atom stereocenters. The maximum atomic E-state index is 13.6. The van der Waals surface area contributed by atoms with Crippen molar-refractivity contribution in [3.8, 4) is 5.69 Å². The van der Waals surface area contributed by atoms with Gasteiger partial charge in [-0.05, 0) is 23.8 Å². The molecule has 0 unspecified atom stereocenters. The monoisotopic (exact) mass is 559 g/mol. The van der Waals surface area contributed by atoms with E-state index in [4.69, 9.17) is 0 Å². The fraction of sp³-hybridized carbons (Fsp3) is 0.296.